The van der Waals surface area contributed by atoms with E-state index in [0.29, 0.717) is 8.78 Å². The molecular formula is C10H11BrClN3O4S. The molecule has 0 radical (unpaired) electrons. The van der Waals surface area contributed by atoms with E-state index in [1.165, 1.54) is 18.2 Å². The van der Waals surface area contributed by atoms with E-state index in [0.717, 1.165) is 0 Å². The molecule has 1 aromatic carbocycles. The first-order valence-corrected chi connectivity index (χ1v) is 7.77. The lowest BCUT2D eigenvalue weighted by Crippen LogP contribution is -2.43. The first kappa shape index (κ1) is 16.9. The lowest BCUT2D eigenvalue weighted by molar-refractivity contribution is -0.120. The fourth-order valence-electron chi connectivity index (χ4n) is 1.40. The van der Waals surface area contributed by atoms with E-state index in [1.807, 2.05) is 0 Å². The van der Waals surface area contributed by atoms with Crippen LogP contribution < -0.4 is 11.5 Å². The van der Waals surface area contributed by atoms with Crippen molar-refractivity contribution in [3.63, 3.8) is 0 Å². The molecule has 1 rings (SSSR count). The third kappa shape index (κ3) is 4.17. The summed E-state index contributed by atoms with van der Waals surface area (Å²) in [7, 11) is -4.16. The van der Waals surface area contributed by atoms with E-state index in [-0.39, 0.29) is 9.92 Å². The highest BCUT2D eigenvalue weighted by atomic mass is 79.9. The molecule has 110 valence electrons. The number of hydrogen-bond donors (Lipinski definition) is 2. The van der Waals surface area contributed by atoms with E-state index >= 15 is 0 Å². The zero-order valence-electron chi connectivity index (χ0n) is 10.0. The molecule has 2 amide bonds. The van der Waals surface area contributed by atoms with E-state index in [2.05, 4.69) is 15.9 Å². The summed E-state index contributed by atoms with van der Waals surface area (Å²) < 4.78 is 25.8. The summed E-state index contributed by atoms with van der Waals surface area (Å²) in [4.78, 5) is 21.6. The molecule has 20 heavy (non-hydrogen) atoms. The summed E-state index contributed by atoms with van der Waals surface area (Å²) in [6, 6.07) is 4.09. The van der Waals surface area contributed by atoms with Gasteiger partial charge in [-0.1, -0.05) is 27.5 Å². The van der Waals surface area contributed by atoms with Gasteiger partial charge in [-0.25, -0.2) is 8.42 Å². The molecule has 4 N–H and O–H groups in total. The van der Waals surface area contributed by atoms with Gasteiger partial charge < -0.3 is 11.5 Å². The van der Waals surface area contributed by atoms with E-state index in [4.69, 9.17) is 23.1 Å². The van der Waals surface area contributed by atoms with Crippen LogP contribution in [-0.2, 0) is 19.6 Å². The first-order chi connectivity index (χ1) is 9.14. The summed E-state index contributed by atoms with van der Waals surface area (Å²) in [5, 5.41) is -0.0571. The maximum Gasteiger partial charge on any atom is 0.245 e. The van der Waals surface area contributed by atoms with Gasteiger partial charge in [0.25, 0.3) is 0 Å². The highest BCUT2D eigenvalue weighted by Crippen LogP contribution is 2.27. The molecule has 0 saturated carbocycles. The Morgan fingerprint density at radius 2 is 1.70 bits per heavy atom. The molecule has 0 aromatic heterocycles. The zero-order chi connectivity index (χ0) is 15.5. The second-order valence-corrected chi connectivity index (χ2v) is 7.01. The molecule has 0 atom stereocenters. The molecule has 0 aliphatic heterocycles. The number of halogens is 2. The SMILES string of the molecule is NC(=O)CN(CC(N)=O)S(=O)(=O)c1ccc(Br)cc1Cl. The molecule has 0 fully saturated rings. The van der Waals surface area contributed by atoms with Crippen LogP contribution in [0.15, 0.2) is 27.6 Å². The second-order valence-electron chi connectivity index (χ2n) is 3.78. The molecule has 0 spiro atoms. The predicted molar refractivity (Wildman–Crippen MR) is 76.3 cm³/mol. The number of carbonyl (C=O) groups is 2. The predicted octanol–water partition coefficient (Wildman–Crippen LogP) is 0.0638. The Kier molecular flexibility index (Phi) is 5.51. The van der Waals surface area contributed by atoms with Crippen molar-refractivity contribution in [3.05, 3.63) is 27.7 Å². The van der Waals surface area contributed by atoms with Crippen LogP contribution in [-0.4, -0.2) is 37.6 Å². The molecule has 1 aromatic rings. The second kappa shape index (κ2) is 6.53. The van der Waals surface area contributed by atoms with Crippen LogP contribution in [0.1, 0.15) is 0 Å². The van der Waals surface area contributed by atoms with Gasteiger partial charge in [0.1, 0.15) is 4.90 Å². The van der Waals surface area contributed by atoms with Crippen molar-refractivity contribution in [1.82, 2.24) is 4.31 Å². The maximum atomic E-state index is 12.3. The third-order valence-electron chi connectivity index (χ3n) is 2.18. The van der Waals surface area contributed by atoms with Gasteiger partial charge in [-0.05, 0) is 18.2 Å². The number of carbonyl (C=O) groups excluding carboxylic acids is 2. The minimum Gasteiger partial charge on any atom is -0.369 e. The Hall–Kier alpha value is -1.16. The van der Waals surface area contributed by atoms with Crippen molar-refractivity contribution in [2.75, 3.05) is 13.1 Å². The normalized spacial score (nSPS) is 11.6. The van der Waals surface area contributed by atoms with Gasteiger partial charge in [-0.15, -0.1) is 0 Å². The molecule has 0 aliphatic rings. The van der Waals surface area contributed by atoms with Crippen LogP contribution in [0.2, 0.25) is 5.02 Å². The number of sulfonamides is 1. The minimum atomic E-state index is -4.16. The summed E-state index contributed by atoms with van der Waals surface area (Å²) >= 11 is 9.00. The van der Waals surface area contributed by atoms with E-state index in [9.17, 15) is 18.0 Å². The standard InChI is InChI=1S/C10H11BrClN3O4S/c11-6-1-2-8(7(12)3-6)20(18,19)15(4-9(13)16)5-10(14)17/h1-3H,4-5H2,(H2,13,16)(H2,14,17). The molecule has 10 heteroatoms. The maximum absolute atomic E-state index is 12.3. The van der Waals surface area contributed by atoms with E-state index < -0.39 is 34.9 Å². The molecule has 0 aliphatic carbocycles. The number of primary amides is 2. The van der Waals surface area contributed by atoms with Gasteiger partial charge >= 0.3 is 0 Å². The quantitative estimate of drug-likeness (QED) is 0.720. The molecule has 0 heterocycles. The van der Waals surface area contributed by atoms with Crippen LogP contribution in [0.3, 0.4) is 0 Å². The number of benzene rings is 1. The molecule has 0 saturated heterocycles. The number of nitrogens with two attached hydrogens (primary N) is 2. The van der Waals surface area contributed by atoms with Crippen molar-refractivity contribution in [2.45, 2.75) is 4.90 Å². The van der Waals surface area contributed by atoms with Gasteiger partial charge in [0, 0.05) is 4.47 Å². The van der Waals surface area contributed by atoms with Crippen LogP contribution >= 0.6 is 27.5 Å². The highest BCUT2D eigenvalue weighted by molar-refractivity contribution is 9.10. The average Bonchev–Trinajstić information content (AvgIpc) is 2.26. The lowest BCUT2D eigenvalue weighted by atomic mass is 10.4. The van der Waals surface area contributed by atoms with Crippen LogP contribution in [0.25, 0.3) is 0 Å². The van der Waals surface area contributed by atoms with Crippen molar-refractivity contribution in [1.29, 1.82) is 0 Å². The fourth-order valence-corrected chi connectivity index (χ4v) is 3.78. The minimum absolute atomic E-state index is 0.0571. The number of nitrogens with zero attached hydrogens (tertiary/aromatic N) is 1. The van der Waals surface area contributed by atoms with Crippen LogP contribution in [0.4, 0.5) is 0 Å². The van der Waals surface area contributed by atoms with Crippen LogP contribution in [0.5, 0.6) is 0 Å². The smallest absolute Gasteiger partial charge is 0.245 e. The fraction of sp³-hybridized carbons (Fsp3) is 0.200. The zero-order valence-corrected chi connectivity index (χ0v) is 13.2. The van der Waals surface area contributed by atoms with Crippen molar-refractivity contribution in [3.8, 4) is 0 Å². The van der Waals surface area contributed by atoms with Crippen molar-refractivity contribution >= 4 is 49.4 Å². The molecule has 0 unspecified atom stereocenters. The Bertz CT molecular complexity index is 634. The average molecular weight is 385 g/mol. The Morgan fingerprint density at radius 3 is 2.10 bits per heavy atom. The third-order valence-corrected chi connectivity index (χ3v) is 4.94. The van der Waals surface area contributed by atoms with E-state index in [1.54, 1.807) is 0 Å². The van der Waals surface area contributed by atoms with Gasteiger partial charge in [0.2, 0.25) is 21.8 Å². The summed E-state index contributed by atoms with van der Waals surface area (Å²) in [6.45, 7) is -1.34. The Morgan fingerprint density at radius 1 is 1.20 bits per heavy atom. The molecule has 0 bridgehead atoms. The Balaban J connectivity index is 3.28. The lowest BCUT2D eigenvalue weighted by Gasteiger charge is -2.19. The largest absolute Gasteiger partial charge is 0.369 e. The van der Waals surface area contributed by atoms with Crippen molar-refractivity contribution in [2.24, 2.45) is 11.5 Å². The van der Waals surface area contributed by atoms with Gasteiger partial charge in [-0.3, -0.25) is 9.59 Å². The molecular weight excluding hydrogens is 374 g/mol. The monoisotopic (exact) mass is 383 g/mol. The van der Waals surface area contributed by atoms with Crippen molar-refractivity contribution < 1.29 is 18.0 Å². The van der Waals surface area contributed by atoms with Gasteiger partial charge in [0.15, 0.2) is 0 Å². The number of rotatable bonds is 6. The first-order valence-electron chi connectivity index (χ1n) is 5.16. The summed E-state index contributed by atoms with van der Waals surface area (Å²) in [5.41, 5.74) is 9.94. The number of hydrogen-bond acceptors (Lipinski definition) is 4. The Labute approximate surface area is 129 Å². The topological polar surface area (TPSA) is 124 Å². The van der Waals surface area contributed by atoms with Gasteiger partial charge in [-0.2, -0.15) is 4.31 Å². The summed E-state index contributed by atoms with van der Waals surface area (Å²) in [6.07, 6.45) is 0. The summed E-state index contributed by atoms with van der Waals surface area (Å²) in [5.74, 6) is -1.83. The molecule has 7 nitrogen and oxygen atoms in total. The highest BCUT2D eigenvalue weighted by Gasteiger charge is 2.29. The number of amides is 2. The van der Waals surface area contributed by atoms with Gasteiger partial charge in [0.05, 0.1) is 18.1 Å². The van der Waals surface area contributed by atoms with Crippen LogP contribution in [0, 0.1) is 0 Å².